The number of unbranched alkanes of at least 4 members (excludes halogenated alkanes) is 6. The largest absolute Gasteiger partial charge is 0.329 e. The molecule has 1 N–H and O–H groups in total. The summed E-state index contributed by atoms with van der Waals surface area (Å²) in [7, 11) is 1.66. The van der Waals surface area contributed by atoms with Gasteiger partial charge < -0.3 is 4.57 Å². The van der Waals surface area contributed by atoms with Gasteiger partial charge in [-0.2, -0.15) is 0 Å². The van der Waals surface area contributed by atoms with Crippen molar-refractivity contribution in [1.82, 2.24) is 19.1 Å². The van der Waals surface area contributed by atoms with Crippen LogP contribution < -0.4 is 11.2 Å². The van der Waals surface area contributed by atoms with Crippen molar-refractivity contribution in [1.29, 1.82) is 0 Å². The molecule has 0 atom stereocenters. The lowest BCUT2D eigenvalue weighted by molar-refractivity contribution is 0.544. The van der Waals surface area contributed by atoms with Gasteiger partial charge in [0, 0.05) is 19.3 Å². The van der Waals surface area contributed by atoms with Crippen LogP contribution in [-0.2, 0) is 13.6 Å². The van der Waals surface area contributed by atoms with Crippen LogP contribution in [0.2, 0.25) is 0 Å². The molecule has 2 rings (SSSR count). The molecule has 0 saturated carbocycles. The Morgan fingerprint density at radius 3 is 2.40 bits per heavy atom. The molecule has 0 unspecified atom stereocenters. The van der Waals surface area contributed by atoms with Gasteiger partial charge in [0.25, 0.3) is 5.56 Å². The Bertz CT molecular complexity index is 791. The van der Waals surface area contributed by atoms with E-state index < -0.39 is 5.69 Å². The highest BCUT2D eigenvalue weighted by molar-refractivity contribution is 7.99. The Labute approximate surface area is 153 Å². The maximum atomic E-state index is 12.4. The van der Waals surface area contributed by atoms with Crippen LogP contribution in [0.25, 0.3) is 11.2 Å². The molecule has 0 aliphatic heterocycles. The van der Waals surface area contributed by atoms with Crippen molar-refractivity contribution < 1.29 is 0 Å². The molecular weight excluding hydrogens is 336 g/mol. The van der Waals surface area contributed by atoms with Crippen molar-refractivity contribution in [3.63, 3.8) is 0 Å². The first-order chi connectivity index (χ1) is 12.1. The lowest BCUT2D eigenvalue weighted by Gasteiger charge is -2.08. The van der Waals surface area contributed by atoms with E-state index in [9.17, 15) is 9.59 Å². The number of imidazole rings is 1. The molecule has 140 valence electrons. The number of aryl methyl sites for hydroxylation is 2. The average Bonchev–Trinajstić information content (AvgIpc) is 2.95. The van der Waals surface area contributed by atoms with Gasteiger partial charge in [-0.15, -0.1) is 0 Å². The number of thioether (sulfide) groups is 1. The molecule has 0 saturated heterocycles. The molecule has 7 heteroatoms. The van der Waals surface area contributed by atoms with E-state index in [1.165, 1.54) is 30.3 Å². The summed E-state index contributed by atoms with van der Waals surface area (Å²) in [5, 5.41) is 0.851. The van der Waals surface area contributed by atoms with Gasteiger partial charge >= 0.3 is 5.69 Å². The van der Waals surface area contributed by atoms with Crippen molar-refractivity contribution in [3.8, 4) is 0 Å². The van der Waals surface area contributed by atoms with Gasteiger partial charge in [-0.05, 0) is 12.8 Å². The Morgan fingerprint density at radius 1 is 1.00 bits per heavy atom. The maximum absolute atomic E-state index is 12.4. The molecule has 2 aromatic heterocycles. The van der Waals surface area contributed by atoms with Gasteiger partial charge in [-0.3, -0.25) is 14.3 Å². The standard InChI is InChI=1S/C18H30N4O2S/c1-4-6-8-9-10-11-12-22-14-15(19-18(22)25-13-7-5-2)21(3)17(24)20-16(14)23/h4-13H2,1-3H3,(H,20,23,24). The van der Waals surface area contributed by atoms with Crippen LogP contribution in [0, 0.1) is 0 Å². The number of aromatic amines is 1. The number of nitrogens with zero attached hydrogens (tertiary/aromatic N) is 3. The third-order valence-corrected chi connectivity index (χ3v) is 5.50. The van der Waals surface area contributed by atoms with E-state index in [0.29, 0.717) is 11.2 Å². The number of aromatic nitrogens is 4. The zero-order valence-electron chi connectivity index (χ0n) is 15.6. The number of hydrogen-bond donors (Lipinski definition) is 1. The van der Waals surface area contributed by atoms with Crippen molar-refractivity contribution in [2.45, 2.75) is 76.9 Å². The molecule has 0 spiro atoms. The smallest absolute Gasteiger partial charge is 0.313 e. The van der Waals surface area contributed by atoms with Gasteiger partial charge in [0.15, 0.2) is 16.3 Å². The van der Waals surface area contributed by atoms with Gasteiger partial charge in [-0.1, -0.05) is 64.1 Å². The van der Waals surface area contributed by atoms with E-state index in [1.54, 1.807) is 18.8 Å². The van der Waals surface area contributed by atoms with Crippen LogP contribution in [0.1, 0.15) is 65.2 Å². The first-order valence-corrected chi connectivity index (χ1v) is 10.4. The third kappa shape index (κ3) is 5.00. The van der Waals surface area contributed by atoms with Crippen LogP contribution >= 0.6 is 11.8 Å². The molecule has 0 aliphatic carbocycles. The van der Waals surface area contributed by atoms with Crippen molar-refractivity contribution in [3.05, 3.63) is 20.8 Å². The van der Waals surface area contributed by atoms with Crippen LogP contribution in [0.5, 0.6) is 0 Å². The normalized spacial score (nSPS) is 11.5. The van der Waals surface area contributed by atoms with Crippen LogP contribution in [0.15, 0.2) is 14.7 Å². The molecule has 0 bridgehead atoms. The minimum absolute atomic E-state index is 0.334. The molecule has 0 aromatic carbocycles. The van der Waals surface area contributed by atoms with E-state index >= 15 is 0 Å². The number of hydrogen-bond acceptors (Lipinski definition) is 4. The van der Waals surface area contributed by atoms with E-state index in [2.05, 4.69) is 23.8 Å². The summed E-state index contributed by atoms with van der Waals surface area (Å²) in [5.74, 6) is 0.974. The summed E-state index contributed by atoms with van der Waals surface area (Å²) in [4.78, 5) is 31.2. The molecular formula is C18H30N4O2S. The Morgan fingerprint density at radius 2 is 1.68 bits per heavy atom. The topological polar surface area (TPSA) is 72.7 Å². The minimum atomic E-state index is -0.410. The number of rotatable bonds is 11. The third-order valence-electron chi connectivity index (χ3n) is 4.44. The molecule has 6 nitrogen and oxygen atoms in total. The Balaban J connectivity index is 2.24. The van der Waals surface area contributed by atoms with Crippen LogP contribution in [0.3, 0.4) is 0 Å². The maximum Gasteiger partial charge on any atom is 0.329 e. The summed E-state index contributed by atoms with van der Waals surface area (Å²) >= 11 is 1.68. The van der Waals surface area contributed by atoms with E-state index in [-0.39, 0.29) is 5.56 Å². The van der Waals surface area contributed by atoms with Gasteiger partial charge in [-0.25, -0.2) is 9.78 Å². The molecule has 0 amide bonds. The Hall–Kier alpha value is -1.50. The van der Waals surface area contributed by atoms with Gasteiger partial charge in [0.2, 0.25) is 0 Å². The second-order valence-electron chi connectivity index (χ2n) is 6.51. The molecule has 0 fully saturated rings. The first-order valence-electron chi connectivity index (χ1n) is 9.42. The molecule has 25 heavy (non-hydrogen) atoms. The van der Waals surface area contributed by atoms with Crippen LogP contribution in [-0.4, -0.2) is 24.9 Å². The van der Waals surface area contributed by atoms with E-state index in [1.807, 2.05) is 4.57 Å². The molecule has 0 radical (unpaired) electrons. The second-order valence-corrected chi connectivity index (χ2v) is 7.57. The fraction of sp³-hybridized carbons (Fsp3) is 0.722. The number of H-pyrrole nitrogens is 1. The van der Waals surface area contributed by atoms with E-state index in [0.717, 1.165) is 43.1 Å². The minimum Gasteiger partial charge on any atom is -0.313 e. The predicted molar refractivity (Wildman–Crippen MR) is 105 cm³/mol. The molecule has 0 aliphatic rings. The highest BCUT2D eigenvalue weighted by Crippen LogP contribution is 2.23. The average molecular weight is 367 g/mol. The van der Waals surface area contributed by atoms with Crippen molar-refractivity contribution >= 4 is 22.9 Å². The molecule has 2 heterocycles. The lowest BCUT2D eigenvalue weighted by atomic mass is 10.1. The highest BCUT2D eigenvalue weighted by atomic mass is 32.2. The lowest BCUT2D eigenvalue weighted by Crippen LogP contribution is -2.29. The zero-order chi connectivity index (χ0) is 18.2. The second kappa shape index (κ2) is 9.85. The van der Waals surface area contributed by atoms with Crippen molar-refractivity contribution in [2.24, 2.45) is 7.05 Å². The summed E-state index contributed by atoms with van der Waals surface area (Å²) in [6.07, 6.45) is 9.45. The summed E-state index contributed by atoms with van der Waals surface area (Å²) in [6.45, 7) is 5.15. The molecule has 2 aromatic rings. The van der Waals surface area contributed by atoms with E-state index in [4.69, 9.17) is 0 Å². The Kier molecular flexibility index (Phi) is 7.81. The summed E-state index contributed by atoms with van der Waals surface area (Å²) in [5.41, 5.74) is 0.263. The monoisotopic (exact) mass is 366 g/mol. The summed E-state index contributed by atoms with van der Waals surface area (Å²) in [6, 6.07) is 0. The fourth-order valence-electron chi connectivity index (χ4n) is 2.89. The summed E-state index contributed by atoms with van der Waals surface area (Å²) < 4.78 is 3.44. The highest BCUT2D eigenvalue weighted by Gasteiger charge is 2.17. The first kappa shape index (κ1) is 19.8. The van der Waals surface area contributed by atoms with Gasteiger partial charge in [0.05, 0.1) is 0 Å². The fourth-order valence-corrected chi connectivity index (χ4v) is 4.00. The quantitative estimate of drug-likeness (QED) is 0.486. The van der Waals surface area contributed by atoms with Gasteiger partial charge in [0.1, 0.15) is 0 Å². The van der Waals surface area contributed by atoms with Crippen molar-refractivity contribution in [2.75, 3.05) is 5.75 Å². The van der Waals surface area contributed by atoms with Crippen LogP contribution in [0.4, 0.5) is 0 Å². The number of fused-ring (bicyclic) bond motifs is 1. The zero-order valence-corrected chi connectivity index (χ0v) is 16.5. The SMILES string of the molecule is CCCCCCCCn1c(SCCCC)nc2c1c(=O)[nH]c(=O)n2C. The number of nitrogens with one attached hydrogen (secondary N) is 1. The predicted octanol–water partition coefficient (Wildman–Crippen LogP) is 3.68.